The summed E-state index contributed by atoms with van der Waals surface area (Å²) in [5.41, 5.74) is 1.72. The summed E-state index contributed by atoms with van der Waals surface area (Å²) in [5.74, 6) is 0.246. The Morgan fingerprint density at radius 3 is 2.25 bits per heavy atom. The van der Waals surface area contributed by atoms with Gasteiger partial charge < -0.3 is 5.32 Å². The van der Waals surface area contributed by atoms with Gasteiger partial charge in [-0.1, -0.05) is 53.5 Å². The number of halogens is 2. The average Bonchev–Trinajstić information content (AvgIpc) is 2.54. The quantitative estimate of drug-likeness (QED) is 0.560. The number of benzene rings is 2. The van der Waals surface area contributed by atoms with Gasteiger partial charge in [-0.15, -0.1) is 11.8 Å². The summed E-state index contributed by atoms with van der Waals surface area (Å²) in [5, 5.41) is 3.85. The first-order chi connectivity index (χ1) is 11.5. The molecule has 0 radical (unpaired) electrons. The van der Waals surface area contributed by atoms with Crippen molar-refractivity contribution in [2.45, 2.75) is 18.2 Å². The minimum Gasteiger partial charge on any atom is -0.356 e. The van der Waals surface area contributed by atoms with Crippen molar-refractivity contribution in [1.82, 2.24) is 5.32 Å². The summed E-state index contributed by atoms with van der Waals surface area (Å²) in [7, 11) is 0. The topological polar surface area (TPSA) is 46.2 Å². The molecule has 0 heterocycles. The number of carbonyl (C=O) groups excluding carboxylic acids is 2. The lowest BCUT2D eigenvalue weighted by atomic mass is 10.1. The Kier molecular flexibility index (Phi) is 7.16. The summed E-state index contributed by atoms with van der Waals surface area (Å²) in [4.78, 5) is 23.9. The number of thioether (sulfide) groups is 1. The Morgan fingerprint density at radius 1 is 1.04 bits per heavy atom. The molecule has 0 saturated heterocycles. The fraction of sp³-hybridized carbons (Fsp3) is 0.222. The fourth-order valence-corrected chi connectivity index (χ4v) is 3.66. The van der Waals surface area contributed by atoms with Crippen molar-refractivity contribution in [2.75, 3.05) is 12.3 Å². The van der Waals surface area contributed by atoms with Crippen LogP contribution in [-0.2, 0) is 11.2 Å². The molecule has 0 fully saturated rings. The Labute approximate surface area is 155 Å². The molecule has 0 spiro atoms. The van der Waals surface area contributed by atoms with Crippen LogP contribution in [0.5, 0.6) is 0 Å². The minimum absolute atomic E-state index is 0.0180. The zero-order chi connectivity index (χ0) is 17.5. The van der Waals surface area contributed by atoms with Crippen molar-refractivity contribution in [1.29, 1.82) is 0 Å². The normalized spacial score (nSPS) is 10.5. The van der Waals surface area contributed by atoms with Gasteiger partial charge in [-0.05, 0) is 24.1 Å². The number of amides is 1. The highest BCUT2D eigenvalue weighted by Gasteiger charge is 2.11. The Morgan fingerprint density at radius 2 is 1.67 bits per heavy atom. The van der Waals surface area contributed by atoms with Crippen LogP contribution in [0.2, 0.25) is 10.0 Å². The van der Waals surface area contributed by atoms with Gasteiger partial charge in [-0.25, -0.2) is 0 Å². The van der Waals surface area contributed by atoms with Crippen LogP contribution >= 0.6 is 35.0 Å². The second-order valence-corrected chi connectivity index (χ2v) is 6.99. The van der Waals surface area contributed by atoms with Crippen molar-refractivity contribution >= 4 is 46.7 Å². The molecule has 1 N–H and O–H groups in total. The van der Waals surface area contributed by atoms with Gasteiger partial charge in [0.1, 0.15) is 0 Å². The maximum absolute atomic E-state index is 12.3. The van der Waals surface area contributed by atoms with Crippen LogP contribution in [0.25, 0.3) is 0 Å². The molecule has 2 rings (SSSR count). The van der Waals surface area contributed by atoms with Crippen LogP contribution in [0.1, 0.15) is 22.8 Å². The molecular weight excluding hydrogens is 365 g/mol. The predicted octanol–water partition coefficient (Wildman–Crippen LogP) is 4.65. The molecule has 126 valence electrons. The fourth-order valence-electron chi connectivity index (χ4n) is 2.08. The van der Waals surface area contributed by atoms with Gasteiger partial charge in [0.15, 0.2) is 5.78 Å². The molecule has 0 bridgehead atoms. The molecule has 0 saturated carbocycles. The summed E-state index contributed by atoms with van der Waals surface area (Å²) >= 11 is 13.5. The molecular formula is C18H17Cl2NO2S. The SMILES string of the molecule is CC(=O)NCCc1ccc(C(=O)CSc2c(Cl)cccc2Cl)cc1. The van der Waals surface area contributed by atoms with Crippen molar-refractivity contribution in [3.05, 3.63) is 63.6 Å². The molecule has 24 heavy (non-hydrogen) atoms. The lowest BCUT2D eigenvalue weighted by Gasteiger charge is -2.07. The summed E-state index contributed by atoms with van der Waals surface area (Å²) in [6.07, 6.45) is 0.734. The molecule has 0 aromatic heterocycles. The zero-order valence-electron chi connectivity index (χ0n) is 13.1. The van der Waals surface area contributed by atoms with Crippen molar-refractivity contribution in [2.24, 2.45) is 0 Å². The van der Waals surface area contributed by atoms with E-state index in [1.165, 1.54) is 18.7 Å². The van der Waals surface area contributed by atoms with E-state index in [0.29, 0.717) is 22.2 Å². The van der Waals surface area contributed by atoms with E-state index in [0.717, 1.165) is 16.9 Å². The number of hydrogen-bond donors (Lipinski definition) is 1. The van der Waals surface area contributed by atoms with Gasteiger partial charge in [-0.2, -0.15) is 0 Å². The van der Waals surface area contributed by atoms with Gasteiger partial charge in [0.05, 0.1) is 15.8 Å². The largest absolute Gasteiger partial charge is 0.356 e. The molecule has 0 atom stereocenters. The van der Waals surface area contributed by atoms with Gasteiger partial charge in [0.2, 0.25) is 5.91 Å². The van der Waals surface area contributed by atoms with Crippen molar-refractivity contribution in [3.8, 4) is 0 Å². The third-order valence-electron chi connectivity index (χ3n) is 3.33. The number of rotatable bonds is 7. The molecule has 1 amide bonds. The van der Waals surface area contributed by atoms with Crippen molar-refractivity contribution < 1.29 is 9.59 Å². The number of carbonyl (C=O) groups is 2. The Hall–Kier alpha value is -1.49. The second-order valence-electron chi connectivity index (χ2n) is 5.19. The van der Waals surface area contributed by atoms with Crippen LogP contribution in [0.3, 0.4) is 0 Å². The van der Waals surface area contributed by atoms with Crippen molar-refractivity contribution in [3.63, 3.8) is 0 Å². The number of ketones is 1. The molecule has 0 unspecified atom stereocenters. The molecule has 0 aliphatic rings. The van der Waals surface area contributed by atoms with Gasteiger partial charge in [0, 0.05) is 23.9 Å². The van der Waals surface area contributed by atoms with E-state index in [1.807, 2.05) is 12.1 Å². The van der Waals surface area contributed by atoms with E-state index in [-0.39, 0.29) is 17.4 Å². The maximum Gasteiger partial charge on any atom is 0.216 e. The number of nitrogens with one attached hydrogen (secondary N) is 1. The number of Topliss-reactive ketones (excluding diaryl/α,β-unsaturated/α-hetero) is 1. The first-order valence-electron chi connectivity index (χ1n) is 7.41. The van der Waals surface area contributed by atoms with E-state index >= 15 is 0 Å². The van der Waals surface area contributed by atoms with Crippen LogP contribution in [0.15, 0.2) is 47.4 Å². The lowest BCUT2D eigenvalue weighted by Crippen LogP contribution is -2.22. The Bertz CT molecular complexity index is 712. The second kappa shape index (κ2) is 9.11. The molecule has 2 aromatic rings. The molecule has 3 nitrogen and oxygen atoms in total. The van der Waals surface area contributed by atoms with Crippen LogP contribution in [-0.4, -0.2) is 24.0 Å². The third-order valence-corrected chi connectivity index (χ3v) is 5.32. The highest BCUT2D eigenvalue weighted by atomic mass is 35.5. The lowest BCUT2D eigenvalue weighted by molar-refractivity contribution is -0.118. The van der Waals surface area contributed by atoms with Gasteiger partial charge in [0.25, 0.3) is 0 Å². The molecule has 2 aromatic carbocycles. The third kappa shape index (κ3) is 5.55. The zero-order valence-corrected chi connectivity index (χ0v) is 15.5. The van der Waals surface area contributed by atoms with Crippen LogP contribution in [0, 0.1) is 0 Å². The monoisotopic (exact) mass is 381 g/mol. The van der Waals surface area contributed by atoms with Gasteiger partial charge >= 0.3 is 0 Å². The summed E-state index contributed by atoms with van der Waals surface area (Å²) in [6, 6.07) is 12.7. The van der Waals surface area contributed by atoms with Crippen LogP contribution in [0.4, 0.5) is 0 Å². The standard InChI is InChI=1S/C18H17Cl2NO2S/c1-12(22)21-10-9-13-5-7-14(8-6-13)17(23)11-24-18-15(19)3-2-4-16(18)20/h2-8H,9-11H2,1H3,(H,21,22). The van der Waals surface area contributed by atoms with Crippen LogP contribution < -0.4 is 5.32 Å². The molecule has 0 aliphatic heterocycles. The average molecular weight is 382 g/mol. The first kappa shape index (κ1) is 18.8. The molecule has 6 heteroatoms. The predicted molar refractivity (Wildman–Crippen MR) is 100 cm³/mol. The first-order valence-corrected chi connectivity index (χ1v) is 9.15. The number of hydrogen-bond acceptors (Lipinski definition) is 3. The Balaban J connectivity index is 1.92. The maximum atomic E-state index is 12.3. The summed E-state index contributed by atoms with van der Waals surface area (Å²) in [6.45, 7) is 2.08. The molecule has 0 aliphatic carbocycles. The smallest absolute Gasteiger partial charge is 0.216 e. The highest BCUT2D eigenvalue weighted by molar-refractivity contribution is 8.00. The van der Waals surface area contributed by atoms with E-state index in [2.05, 4.69) is 5.32 Å². The van der Waals surface area contributed by atoms with E-state index in [4.69, 9.17) is 23.2 Å². The van der Waals surface area contributed by atoms with E-state index in [9.17, 15) is 9.59 Å². The van der Waals surface area contributed by atoms with E-state index < -0.39 is 0 Å². The van der Waals surface area contributed by atoms with E-state index in [1.54, 1.807) is 30.3 Å². The highest BCUT2D eigenvalue weighted by Crippen LogP contribution is 2.34. The summed E-state index contributed by atoms with van der Waals surface area (Å²) < 4.78 is 0. The van der Waals surface area contributed by atoms with Gasteiger partial charge in [-0.3, -0.25) is 9.59 Å². The minimum atomic E-state index is -0.0444.